The van der Waals surface area contributed by atoms with Crippen molar-refractivity contribution in [1.29, 1.82) is 0 Å². The first-order chi connectivity index (χ1) is 11.4. The molecule has 0 N–H and O–H groups in total. The largest absolute Gasteiger partial charge is 0.371 e. The van der Waals surface area contributed by atoms with Crippen molar-refractivity contribution in [3.05, 3.63) is 29.3 Å². The van der Waals surface area contributed by atoms with Crippen molar-refractivity contribution in [3.8, 4) is 0 Å². The van der Waals surface area contributed by atoms with Gasteiger partial charge in [-0.2, -0.15) is 0 Å². The van der Waals surface area contributed by atoms with Gasteiger partial charge in [0.25, 0.3) is 0 Å². The Bertz CT molecular complexity index is 426. The van der Waals surface area contributed by atoms with Gasteiger partial charge in [0.05, 0.1) is 0 Å². The van der Waals surface area contributed by atoms with E-state index in [0.29, 0.717) is 0 Å². The van der Waals surface area contributed by atoms with Crippen LogP contribution >= 0.6 is 0 Å². The van der Waals surface area contributed by atoms with E-state index < -0.39 is 0 Å². The van der Waals surface area contributed by atoms with E-state index >= 15 is 0 Å². The Labute approximate surface area is 144 Å². The molecule has 2 rings (SSSR count). The molecule has 0 atom stereocenters. The van der Waals surface area contributed by atoms with Crippen molar-refractivity contribution in [2.45, 2.75) is 90.9 Å². The second-order valence-electron chi connectivity index (χ2n) is 7.23. The number of anilines is 1. The Balaban J connectivity index is 2.02. The smallest absolute Gasteiger partial charge is 0.0401 e. The maximum absolute atomic E-state index is 2.72. The fourth-order valence-corrected chi connectivity index (χ4v) is 3.87. The third-order valence-electron chi connectivity index (χ3n) is 5.28. The number of unbranched alkanes of at least 4 members (excludes halogenated alkanes) is 6. The van der Waals surface area contributed by atoms with Crippen LogP contribution in [-0.2, 0) is 12.8 Å². The molecule has 0 bridgehead atoms. The topological polar surface area (TPSA) is 3.24 Å². The molecule has 0 fully saturated rings. The van der Waals surface area contributed by atoms with Gasteiger partial charge >= 0.3 is 0 Å². The highest BCUT2D eigenvalue weighted by Crippen LogP contribution is 2.31. The lowest BCUT2D eigenvalue weighted by Crippen LogP contribution is -2.27. The summed E-state index contributed by atoms with van der Waals surface area (Å²) in [5, 5.41) is 0. The zero-order chi connectivity index (χ0) is 16.3. The van der Waals surface area contributed by atoms with E-state index in [-0.39, 0.29) is 0 Å². The van der Waals surface area contributed by atoms with Crippen LogP contribution in [0.3, 0.4) is 0 Å². The summed E-state index contributed by atoms with van der Waals surface area (Å²) in [7, 11) is 0. The van der Waals surface area contributed by atoms with Crippen molar-refractivity contribution in [2.75, 3.05) is 18.0 Å². The van der Waals surface area contributed by atoms with E-state index in [2.05, 4.69) is 36.9 Å². The van der Waals surface area contributed by atoms with E-state index in [1.165, 1.54) is 90.1 Å². The third kappa shape index (κ3) is 5.86. The van der Waals surface area contributed by atoms with E-state index in [1.54, 1.807) is 16.8 Å². The predicted molar refractivity (Wildman–Crippen MR) is 104 cm³/mol. The maximum atomic E-state index is 2.72. The summed E-state index contributed by atoms with van der Waals surface area (Å²) < 4.78 is 0. The van der Waals surface area contributed by atoms with Gasteiger partial charge in [-0.3, -0.25) is 0 Å². The molecule has 0 spiro atoms. The lowest BCUT2D eigenvalue weighted by atomic mass is 9.90. The SMILES string of the molecule is CCCCCCN(CCCCCC)c1cccc2c1CCCC2. The van der Waals surface area contributed by atoms with Gasteiger partial charge in [-0.05, 0) is 55.7 Å². The first-order valence-corrected chi connectivity index (χ1v) is 10.2. The molecule has 0 radical (unpaired) electrons. The van der Waals surface area contributed by atoms with Crippen LogP contribution in [0.25, 0.3) is 0 Å². The van der Waals surface area contributed by atoms with Crippen LogP contribution in [0.5, 0.6) is 0 Å². The van der Waals surface area contributed by atoms with Gasteiger partial charge in [0.1, 0.15) is 0 Å². The molecule has 0 aliphatic heterocycles. The molecule has 1 heteroatoms. The third-order valence-corrected chi connectivity index (χ3v) is 5.28. The van der Waals surface area contributed by atoms with Gasteiger partial charge in [0, 0.05) is 18.8 Å². The normalized spacial score (nSPS) is 13.8. The Morgan fingerprint density at radius 2 is 1.43 bits per heavy atom. The molecule has 1 nitrogen and oxygen atoms in total. The zero-order valence-electron chi connectivity index (χ0n) is 15.6. The van der Waals surface area contributed by atoms with Gasteiger partial charge in [-0.15, -0.1) is 0 Å². The number of aryl methyl sites for hydroxylation is 1. The quantitative estimate of drug-likeness (QED) is 0.419. The van der Waals surface area contributed by atoms with Crippen LogP contribution in [-0.4, -0.2) is 13.1 Å². The van der Waals surface area contributed by atoms with Gasteiger partial charge in [-0.25, -0.2) is 0 Å². The molecule has 1 aliphatic rings. The van der Waals surface area contributed by atoms with E-state index in [1.807, 2.05) is 0 Å². The molecule has 0 saturated carbocycles. The second-order valence-corrected chi connectivity index (χ2v) is 7.23. The van der Waals surface area contributed by atoms with Crippen LogP contribution in [0.1, 0.15) is 89.2 Å². The van der Waals surface area contributed by atoms with Crippen molar-refractivity contribution in [1.82, 2.24) is 0 Å². The molecule has 0 aromatic heterocycles. The van der Waals surface area contributed by atoms with Crippen molar-refractivity contribution in [3.63, 3.8) is 0 Å². The highest BCUT2D eigenvalue weighted by Gasteiger charge is 2.16. The minimum atomic E-state index is 1.25. The number of rotatable bonds is 11. The lowest BCUT2D eigenvalue weighted by Gasteiger charge is -2.30. The Morgan fingerprint density at radius 3 is 2.09 bits per heavy atom. The summed E-state index contributed by atoms with van der Waals surface area (Å²) in [6.07, 6.45) is 16.3. The summed E-state index contributed by atoms with van der Waals surface area (Å²) in [6.45, 7) is 7.11. The fourth-order valence-electron chi connectivity index (χ4n) is 3.87. The monoisotopic (exact) mass is 315 g/mol. The summed E-state index contributed by atoms with van der Waals surface area (Å²) in [4.78, 5) is 2.72. The number of benzene rings is 1. The summed E-state index contributed by atoms with van der Waals surface area (Å²) >= 11 is 0. The molecular formula is C22H37N. The minimum Gasteiger partial charge on any atom is -0.371 e. The average molecular weight is 316 g/mol. The highest BCUT2D eigenvalue weighted by molar-refractivity contribution is 5.57. The molecule has 23 heavy (non-hydrogen) atoms. The van der Waals surface area contributed by atoms with Crippen LogP contribution < -0.4 is 4.90 Å². The minimum absolute atomic E-state index is 1.25. The van der Waals surface area contributed by atoms with E-state index in [4.69, 9.17) is 0 Å². The van der Waals surface area contributed by atoms with Gasteiger partial charge < -0.3 is 4.90 Å². The second kappa shape index (κ2) is 10.7. The number of nitrogens with zero attached hydrogens (tertiary/aromatic N) is 1. The standard InChI is InChI=1S/C22H37N/c1-3-5-7-11-18-23(19-12-8-6-4-2)22-17-13-15-20-14-9-10-16-21(20)22/h13,15,17H,3-12,14,16,18-19H2,1-2H3. The molecule has 1 aliphatic carbocycles. The van der Waals surface area contributed by atoms with Crippen molar-refractivity contribution >= 4 is 5.69 Å². The van der Waals surface area contributed by atoms with Crippen LogP contribution in [0.4, 0.5) is 5.69 Å². The molecule has 1 aromatic rings. The fraction of sp³-hybridized carbons (Fsp3) is 0.727. The van der Waals surface area contributed by atoms with E-state index in [0.717, 1.165) is 0 Å². The average Bonchev–Trinajstić information content (AvgIpc) is 2.60. The summed E-state index contributed by atoms with van der Waals surface area (Å²) in [5.41, 5.74) is 4.86. The molecule has 0 saturated heterocycles. The molecule has 0 unspecified atom stereocenters. The van der Waals surface area contributed by atoms with Gasteiger partial charge in [0.15, 0.2) is 0 Å². The number of hydrogen-bond donors (Lipinski definition) is 0. The number of fused-ring (bicyclic) bond motifs is 1. The Kier molecular flexibility index (Phi) is 8.57. The molecular weight excluding hydrogens is 278 g/mol. The maximum Gasteiger partial charge on any atom is 0.0401 e. The molecule has 130 valence electrons. The Hall–Kier alpha value is -0.980. The van der Waals surface area contributed by atoms with E-state index in [9.17, 15) is 0 Å². The van der Waals surface area contributed by atoms with Crippen LogP contribution in [0, 0.1) is 0 Å². The van der Waals surface area contributed by atoms with Crippen molar-refractivity contribution in [2.24, 2.45) is 0 Å². The molecule has 0 heterocycles. The molecule has 0 amide bonds. The Morgan fingerprint density at radius 1 is 0.783 bits per heavy atom. The van der Waals surface area contributed by atoms with Gasteiger partial charge in [-0.1, -0.05) is 64.5 Å². The first-order valence-electron chi connectivity index (χ1n) is 10.2. The summed E-state index contributed by atoms with van der Waals surface area (Å²) in [5.74, 6) is 0. The predicted octanol–water partition coefficient (Wildman–Crippen LogP) is 6.53. The van der Waals surface area contributed by atoms with Crippen LogP contribution in [0.15, 0.2) is 18.2 Å². The first kappa shape index (κ1) is 18.4. The van der Waals surface area contributed by atoms with Crippen molar-refractivity contribution < 1.29 is 0 Å². The lowest BCUT2D eigenvalue weighted by molar-refractivity contribution is 0.604. The number of hydrogen-bond acceptors (Lipinski definition) is 1. The van der Waals surface area contributed by atoms with Crippen LogP contribution in [0.2, 0.25) is 0 Å². The highest BCUT2D eigenvalue weighted by atomic mass is 15.1. The molecule has 1 aromatic carbocycles. The summed E-state index contributed by atoms with van der Waals surface area (Å²) in [6, 6.07) is 7.05. The zero-order valence-corrected chi connectivity index (χ0v) is 15.6. The van der Waals surface area contributed by atoms with Gasteiger partial charge in [0.2, 0.25) is 0 Å².